The molecule has 0 saturated carbocycles. The summed E-state index contributed by atoms with van der Waals surface area (Å²) in [6.45, 7) is 0. The average Bonchev–Trinajstić information content (AvgIpc) is 0. The van der Waals surface area contributed by atoms with E-state index >= 15 is 0 Å². The summed E-state index contributed by atoms with van der Waals surface area (Å²) >= 11 is 0. The van der Waals surface area contributed by atoms with Gasteiger partial charge in [0.25, 0.3) is 0 Å². The number of rotatable bonds is 0. The van der Waals surface area contributed by atoms with Crippen molar-refractivity contribution in [3.05, 3.63) is 0 Å². The summed E-state index contributed by atoms with van der Waals surface area (Å²) in [5.41, 5.74) is 0. The van der Waals surface area contributed by atoms with Gasteiger partial charge in [0.2, 0.25) is 0 Å². The maximum absolute atomic E-state index is 0. The number of hydrogen-bond donors (Lipinski definition) is 0. The van der Waals surface area contributed by atoms with E-state index in [0.717, 1.165) is 0 Å². The molecule has 2 nitrogen and oxygen atoms in total. The molecule has 0 unspecified atom stereocenters. The molecule has 0 aromatic heterocycles. The van der Waals surface area contributed by atoms with Gasteiger partial charge in [0, 0.05) is 0 Å². The fraction of sp³-hybridized carbons (Fsp3) is 0. The maximum Gasteiger partial charge on any atom is 3.00 e. The van der Waals surface area contributed by atoms with Crippen molar-refractivity contribution < 1.29 is 45.4 Å². The third-order valence-electron chi connectivity index (χ3n) is 0. The minimum absolute atomic E-state index is 0. The second-order valence-corrected chi connectivity index (χ2v) is 0. The van der Waals surface area contributed by atoms with Crippen molar-refractivity contribution in [1.82, 2.24) is 0 Å². The van der Waals surface area contributed by atoms with Crippen molar-refractivity contribution in [3.8, 4) is 0 Å². The van der Waals surface area contributed by atoms with Gasteiger partial charge in [0.15, 0.2) is 0 Å². The molecular formula is CrCuMgO2+3. The van der Waals surface area contributed by atoms with Crippen LogP contribution in [0.25, 0.3) is 0 Å². The standard InChI is InChI=1S/Cr.Cu.Mg.2O/q+3;2*+2;2*-2. The minimum Gasteiger partial charge on any atom is -2.00 e. The van der Waals surface area contributed by atoms with Gasteiger partial charge in [-0.15, -0.1) is 0 Å². The van der Waals surface area contributed by atoms with E-state index in [1.807, 2.05) is 0 Å². The van der Waals surface area contributed by atoms with Crippen LogP contribution < -0.4 is 0 Å². The van der Waals surface area contributed by atoms with Gasteiger partial charge >= 0.3 is 57.5 Å². The molecule has 0 aliphatic rings. The second kappa shape index (κ2) is 42.6. The summed E-state index contributed by atoms with van der Waals surface area (Å²) in [4.78, 5) is 0. The van der Waals surface area contributed by atoms with Crippen LogP contribution in [0.2, 0.25) is 0 Å². The molecule has 0 aromatic carbocycles. The third-order valence-corrected chi connectivity index (χ3v) is 0. The fourth-order valence-electron chi connectivity index (χ4n) is 0. The Kier molecular flexibility index (Phi) is 626. The molecule has 0 atom stereocenters. The van der Waals surface area contributed by atoms with Crippen LogP contribution in [0.4, 0.5) is 0 Å². The molecule has 0 rings (SSSR count). The Bertz CT molecular complexity index is 9.61. The van der Waals surface area contributed by atoms with Crippen LogP contribution in [-0.2, 0) is 45.4 Å². The molecule has 5 heteroatoms. The summed E-state index contributed by atoms with van der Waals surface area (Å²) in [6.07, 6.45) is 0. The molecule has 2 radical (unpaired) electrons. The van der Waals surface area contributed by atoms with Crippen LogP contribution in [0.5, 0.6) is 0 Å². The van der Waals surface area contributed by atoms with E-state index in [9.17, 15) is 0 Å². The first-order chi connectivity index (χ1) is 0. The summed E-state index contributed by atoms with van der Waals surface area (Å²) in [6, 6.07) is 0. The van der Waals surface area contributed by atoms with Crippen molar-refractivity contribution in [1.29, 1.82) is 0 Å². The van der Waals surface area contributed by atoms with Crippen LogP contribution in [0, 0.1) is 0 Å². The molecule has 0 saturated heterocycles. The Balaban J connectivity index is 0. The van der Waals surface area contributed by atoms with Gasteiger partial charge in [-0.1, -0.05) is 0 Å². The molecule has 28 valence electrons. The molecule has 0 spiro atoms. The Hall–Kier alpha value is 1.74. The van der Waals surface area contributed by atoms with E-state index in [0.29, 0.717) is 0 Å². The van der Waals surface area contributed by atoms with Gasteiger partial charge in [-0.25, -0.2) is 0 Å². The molecule has 0 amide bonds. The molecule has 0 fully saturated rings. The normalized spacial score (nSPS) is 0. The minimum atomic E-state index is 0. The molecule has 0 aromatic rings. The van der Waals surface area contributed by atoms with Gasteiger partial charge in [0.05, 0.1) is 0 Å². The molecule has 0 heterocycles. The van der Waals surface area contributed by atoms with E-state index in [4.69, 9.17) is 0 Å². The molecular weight excluding hydrogens is 172 g/mol. The van der Waals surface area contributed by atoms with Gasteiger partial charge in [0.1, 0.15) is 0 Å². The summed E-state index contributed by atoms with van der Waals surface area (Å²) in [5, 5.41) is 0. The maximum atomic E-state index is 0. The zero-order valence-corrected chi connectivity index (χ0v) is 5.86. The smallest absolute Gasteiger partial charge is 2.00 e. The number of hydrogen-bond acceptors (Lipinski definition) is 0. The van der Waals surface area contributed by atoms with E-state index in [1.165, 1.54) is 0 Å². The Morgan fingerprint density at radius 1 is 0.800 bits per heavy atom. The van der Waals surface area contributed by atoms with E-state index in [2.05, 4.69) is 0 Å². The second-order valence-electron chi connectivity index (χ2n) is 0. The predicted molar refractivity (Wildman–Crippen MR) is 7.13 cm³/mol. The molecule has 0 aliphatic heterocycles. The first-order valence-corrected chi connectivity index (χ1v) is 0. The molecule has 0 N–H and O–H groups in total. The van der Waals surface area contributed by atoms with Crippen molar-refractivity contribution in [3.63, 3.8) is 0 Å². The van der Waals surface area contributed by atoms with E-state index in [1.54, 1.807) is 0 Å². The monoisotopic (exact) mass is 171 g/mol. The molecule has 0 aliphatic carbocycles. The van der Waals surface area contributed by atoms with Crippen molar-refractivity contribution in [2.24, 2.45) is 0 Å². The van der Waals surface area contributed by atoms with E-state index < -0.39 is 0 Å². The predicted octanol–water partition coefficient (Wildman–Crippen LogP) is -0.623. The SMILES string of the molecule is [Cr+3].[Cu+2].[Mg+2].[O-2].[O-2]. The molecule has 0 bridgehead atoms. The van der Waals surface area contributed by atoms with Crippen LogP contribution >= 0.6 is 0 Å². The topological polar surface area (TPSA) is 57.0 Å². The fourth-order valence-corrected chi connectivity index (χ4v) is 0. The van der Waals surface area contributed by atoms with Gasteiger partial charge in [-0.2, -0.15) is 0 Å². The average molecular weight is 172 g/mol. The van der Waals surface area contributed by atoms with E-state index in [-0.39, 0.29) is 68.4 Å². The quantitative estimate of drug-likeness (QED) is 0.437. The van der Waals surface area contributed by atoms with Crippen LogP contribution in [0.1, 0.15) is 0 Å². The van der Waals surface area contributed by atoms with Gasteiger partial charge < -0.3 is 11.0 Å². The largest absolute Gasteiger partial charge is 3.00 e. The van der Waals surface area contributed by atoms with Crippen molar-refractivity contribution in [2.45, 2.75) is 0 Å². The van der Waals surface area contributed by atoms with Crippen LogP contribution in [-0.4, -0.2) is 23.1 Å². The summed E-state index contributed by atoms with van der Waals surface area (Å²) < 4.78 is 0. The summed E-state index contributed by atoms with van der Waals surface area (Å²) in [5.74, 6) is 0. The Labute approximate surface area is 68.1 Å². The Morgan fingerprint density at radius 2 is 0.800 bits per heavy atom. The van der Waals surface area contributed by atoms with Crippen molar-refractivity contribution >= 4 is 23.1 Å². The molecule has 5 heavy (non-hydrogen) atoms. The zero-order valence-electron chi connectivity index (χ0n) is 2.23. The zero-order chi connectivity index (χ0) is 0. The van der Waals surface area contributed by atoms with Crippen molar-refractivity contribution in [2.75, 3.05) is 0 Å². The van der Waals surface area contributed by atoms with Crippen LogP contribution in [0.3, 0.4) is 0 Å². The Morgan fingerprint density at radius 3 is 0.800 bits per heavy atom. The first kappa shape index (κ1) is 73.4. The summed E-state index contributed by atoms with van der Waals surface area (Å²) in [7, 11) is 0. The van der Waals surface area contributed by atoms with Crippen LogP contribution in [0.15, 0.2) is 0 Å². The third kappa shape index (κ3) is 26.5. The van der Waals surface area contributed by atoms with Gasteiger partial charge in [-0.3, -0.25) is 0 Å². The van der Waals surface area contributed by atoms with Gasteiger partial charge in [-0.05, 0) is 0 Å². The first-order valence-electron chi connectivity index (χ1n) is 0.